The van der Waals surface area contributed by atoms with Gasteiger partial charge in [-0.25, -0.2) is 0 Å². The van der Waals surface area contributed by atoms with Crippen LogP contribution in [0.4, 0.5) is 0 Å². The lowest BCUT2D eigenvalue weighted by atomic mass is 9.88. The van der Waals surface area contributed by atoms with Gasteiger partial charge in [-0.1, -0.05) is 19.9 Å². The van der Waals surface area contributed by atoms with E-state index in [1.165, 1.54) is 19.3 Å². The topological polar surface area (TPSA) is 30.9 Å². The lowest BCUT2D eigenvalue weighted by molar-refractivity contribution is -0.0379. The van der Waals surface area contributed by atoms with Crippen molar-refractivity contribution in [1.82, 2.24) is 4.90 Å². The van der Waals surface area contributed by atoms with E-state index in [9.17, 15) is 0 Å². The van der Waals surface area contributed by atoms with Crippen LogP contribution in [0.15, 0.2) is 12.7 Å². The second-order valence-electron chi connectivity index (χ2n) is 7.23. The fourth-order valence-corrected chi connectivity index (χ4v) is 3.31. The molecule has 0 spiro atoms. The van der Waals surface area contributed by atoms with Gasteiger partial charge in [-0.05, 0) is 43.9 Å². The summed E-state index contributed by atoms with van der Waals surface area (Å²) in [5.74, 6) is 1.49. The Labute approximate surface area is 149 Å². The molecule has 0 radical (unpaired) electrons. The number of nitrogens with zero attached hydrogens (tertiary/aromatic N) is 1. The molecule has 1 heterocycles. The predicted molar refractivity (Wildman–Crippen MR) is 100 cm³/mol. The minimum absolute atomic E-state index is 0.214. The van der Waals surface area contributed by atoms with E-state index in [0.29, 0.717) is 0 Å². The first-order chi connectivity index (χ1) is 11.7. The van der Waals surface area contributed by atoms with Gasteiger partial charge in [0, 0.05) is 46.6 Å². The predicted octanol–water partition coefficient (Wildman–Crippen LogP) is 3.76. The number of hydrogen-bond donors (Lipinski definition) is 0. The van der Waals surface area contributed by atoms with Crippen LogP contribution in [0.1, 0.15) is 46.0 Å². The fourth-order valence-electron chi connectivity index (χ4n) is 3.31. The number of methoxy groups -OCH3 is 1. The van der Waals surface area contributed by atoms with Crippen molar-refractivity contribution in [2.24, 2.45) is 11.8 Å². The summed E-state index contributed by atoms with van der Waals surface area (Å²) in [4.78, 5) is 2.42. The second-order valence-corrected chi connectivity index (χ2v) is 7.23. The SMILES string of the molecule is C=CCN(CCCOC)CCC1COCCCC(C(C)C)CCO1. The number of hydrogen-bond acceptors (Lipinski definition) is 4. The van der Waals surface area contributed by atoms with E-state index < -0.39 is 0 Å². The minimum atomic E-state index is 0.214. The van der Waals surface area contributed by atoms with Crippen molar-refractivity contribution < 1.29 is 14.2 Å². The molecule has 4 nitrogen and oxygen atoms in total. The highest BCUT2D eigenvalue weighted by atomic mass is 16.5. The number of ether oxygens (including phenoxy) is 3. The van der Waals surface area contributed by atoms with Crippen molar-refractivity contribution in [2.45, 2.75) is 52.1 Å². The maximum atomic E-state index is 6.15. The molecule has 1 fully saturated rings. The van der Waals surface area contributed by atoms with Crippen molar-refractivity contribution in [3.8, 4) is 0 Å². The molecule has 0 bridgehead atoms. The maximum Gasteiger partial charge on any atom is 0.0820 e. The van der Waals surface area contributed by atoms with Crippen LogP contribution in [0.2, 0.25) is 0 Å². The molecule has 0 aromatic heterocycles. The van der Waals surface area contributed by atoms with Crippen LogP contribution in [-0.4, -0.2) is 64.2 Å². The van der Waals surface area contributed by atoms with Crippen molar-refractivity contribution in [3.05, 3.63) is 12.7 Å². The summed E-state index contributed by atoms with van der Waals surface area (Å²) >= 11 is 0. The van der Waals surface area contributed by atoms with E-state index in [4.69, 9.17) is 14.2 Å². The Balaban J connectivity index is 2.37. The first kappa shape index (κ1) is 21.6. The zero-order valence-corrected chi connectivity index (χ0v) is 16.2. The van der Waals surface area contributed by atoms with E-state index in [2.05, 4.69) is 25.3 Å². The first-order valence-electron chi connectivity index (χ1n) is 9.68. The van der Waals surface area contributed by atoms with Crippen LogP contribution in [0.5, 0.6) is 0 Å². The van der Waals surface area contributed by atoms with Crippen LogP contribution in [0.3, 0.4) is 0 Å². The molecule has 0 aromatic carbocycles. The maximum absolute atomic E-state index is 6.15. The summed E-state index contributed by atoms with van der Waals surface area (Å²) in [6.45, 7) is 14.8. The molecule has 142 valence electrons. The van der Waals surface area contributed by atoms with Gasteiger partial charge in [0.05, 0.1) is 12.7 Å². The van der Waals surface area contributed by atoms with Crippen molar-refractivity contribution >= 4 is 0 Å². The number of rotatable bonds is 10. The Morgan fingerprint density at radius 1 is 1.25 bits per heavy atom. The summed E-state index contributed by atoms with van der Waals surface area (Å²) in [5.41, 5.74) is 0. The van der Waals surface area contributed by atoms with Gasteiger partial charge in [0.2, 0.25) is 0 Å². The average molecular weight is 342 g/mol. The lowest BCUT2D eigenvalue weighted by Gasteiger charge is -2.27. The van der Waals surface area contributed by atoms with Crippen LogP contribution in [0, 0.1) is 11.8 Å². The zero-order chi connectivity index (χ0) is 17.6. The van der Waals surface area contributed by atoms with E-state index in [-0.39, 0.29) is 6.10 Å². The van der Waals surface area contributed by atoms with Crippen LogP contribution < -0.4 is 0 Å². The van der Waals surface area contributed by atoms with E-state index in [1.54, 1.807) is 7.11 Å². The van der Waals surface area contributed by atoms with Crippen LogP contribution in [0.25, 0.3) is 0 Å². The fraction of sp³-hybridized carbons (Fsp3) is 0.900. The standard InChI is InChI=1S/C20H39NO3/c1-5-11-21(12-7-14-22-4)13-9-20-17-23-15-6-8-19(18(2)3)10-16-24-20/h5,18-20H,1,6-17H2,2-4H3. The van der Waals surface area contributed by atoms with E-state index in [1.807, 2.05) is 6.08 Å². The summed E-state index contributed by atoms with van der Waals surface area (Å²) in [6.07, 6.45) is 7.89. The quantitative estimate of drug-likeness (QED) is 0.447. The minimum Gasteiger partial charge on any atom is -0.385 e. The molecule has 1 aliphatic rings. The van der Waals surface area contributed by atoms with E-state index >= 15 is 0 Å². The molecule has 4 heteroatoms. The Bertz CT molecular complexity index is 309. The zero-order valence-electron chi connectivity index (χ0n) is 16.2. The third-order valence-corrected chi connectivity index (χ3v) is 4.93. The van der Waals surface area contributed by atoms with Crippen LogP contribution in [-0.2, 0) is 14.2 Å². The molecule has 0 amide bonds. The summed E-state index contributed by atoms with van der Waals surface area (Å²) in [6, 6.07) is 0. The van der Waals surface area contributed by atoms with Gasteiger partial charge in [-0.2, -0.15) is 0 Å². The third-order valence-electron chi connectivity index (χ3n) is 4.93. The largest absolute Gasteiger partial charge is 0.385 e. The molecule has 2 atom stereocenters. The van der Waals surface area contributed by atoms with Gasteiger partial charge in [0.15, 0.2) is 0 Å². The highest BCUT2D eigenvalue weighted by Crippen LogP contribution is 2.22. The molecule has 1 aliphatic heterocycles. The molecule has 1 rings (SSSR count). The highest BCUT2D eigenvalue weighted by molar-refractivity contribution is 4.75. The van der Waals surface area contributed by atoms with Crippen LogP contribution >= 0.6 is 0 Å². The molecule has 0 aliphatic carbocycles. The molecular formula is C20H39NO3. The third kappa shape index (κ3) is 9.77. The molecular weight excluding hydrogens is 302 g/mol. The van der Waals surface area contributed by atoms with Crippen molar-refractivity contribution in [2.75, 3.05) is 53.2 Å². The van der Waals surface area contributed by atoms with Gasteiger partial charge < -0.3 is 14.2 Å². The first-order valence-corrected chi connectivity index (χ1v) is 9.68. The van der Waals surface area contributed by atoms with Gasteiger partial charge in [0.25, 0.3) is 0 Å². The summed E-state index contributed by atoms with van der Waals surface area (Å²) in [7, 11) is 1.76. The Morgan fingerprint density at radius 3 is 2.79 bits per heavy atom. The molecule has 2 unspecified atom stereocenters. The Hall–Kier alpha value is -0.420. The van der Waals surface area contributed by atoms with Crippen molar-refractivity contribution in [3.63, 3.8) is 0 Å². The molecule has 24 heavy (non-hydrogen) atoms. The van der Waals surface area contributed by atoms with Crippen molar-refractivity contribution in [1.29, 1.82) is 0 Å². The van der Waals surface area contributed by atoms with Gasteiger partial charge in [-0.3, -0.25) is 4.90 Å². The Morgan fingerprint density at radius 2 is 2.08 bits per heavy atom. The lowest BCUT2D eigenvalue weighted by Crippen LogP contribution is -2.32. The average Bonchev–Trinajstić information content (AvgIpc) is 2.57. The second kappa shape index (κ2) is 13.8. The van der Waals surface area contributed by atoms with Gasteiger partial charge >= 0.3 is 0 Å². The normalized spacial score (nSPS) is 23.5. The molecule has 0 N–H and O–H groups in total. The monoisotopic (exact) mass is 341 g/mol. The smallest absolute Gasteiger partial charge is 0.0820 e. The highest BCUT2D eigenvalue weighted by Gasteiger charge is 2.18. The van der Waals surface area contributed by atoms with Gasteiger partial charge in [-0.15, -0.1) is 6.58 Å². The molecule has 0 aromatic rings. The van der Waals surface area contributed by atoms with E-state index in [0.717, 1.165) is 70.7 Å². The Kier molecular flexibility index (Phi) is 12.5. The summed E-state index contributed by atoms with van der Waals surface area (Å²) in [5, 5.41) is 0. The summed E-state index contributed by atoms with van der Waals surface area (Å²) < 4.78 is 17.2. The molecule has 0 saturated carbocycles. The van der Waals surface area contributed by atoms with Gasteiger partial charge in [0.1, 0.15) is 0 Å². The molecule has 1 saturated heterocycles.